The van der Waals surface area contributed by atoms with Crippen molar-refractivity contribution >= 4 is 77.9 Å². The van der Waals surface area contributed by atoms with Crippen LogP contribution in [-0.2, 0) is 5.41 Å². The first-order chi connectivity index (χ1) is 35.9. The SMILES string of the molecule is CC1(C)c2cc(-c3ccc(N(c4ccc(-c5nc6ccccc6o5)cc4)c4cccc5ccccc45)cc3)ccc2-c2ccc(N(c3ccc(-c4nc5ccccc5o4)cc3)c3cccc4ccccc34)cc21. The van der Waals surface area contributed by atoms with E-state index in [4.69, 9.17) is 18.8 Å². The van der Waals surface area contributed by atoms with Crippen LogP contribution >= 0.6 is 0 Å². The number of aromatic nitrogens is 2. The third kappa shape index (κ3) is 7.17. The fourth-order valence-corrected chi connectivity index (χ4v) is 11.0. The van der Waals surface area contributed by atoms with E-state index in [1.165, 1.54) is 49.4 Å². The van der Waals surface area contributed by atoms with Gasteiger partial charge in [0.05, 0.1) is 11.4 Å². The highest BCUT2D eigenvalue weighted by Crippen LogP contribution is 2.52. The summed E-state index contributed by atoms with van der Waals surface area (Å²) in [7, 11) is 0. The Bertz CT molecular complexity index is 4170. The second-order valence-electron chi connectivity index (χ2n) is 19.4. The van der Waals surface area contributed by atoms with Crippen molar-refractivity contribution in [1.82, 2.24) is 9.97 Å². The van der Waals surface area contributed by atoms with Crippen LogP contribution in [-0.4, -0.2) is 9.97 Å². The standard InChI is InChI=1S/C67H46N4O2/c1-67(2)57-41-48(43-25-32-49(33-26-43)70(61-21-11-15-44-13-3-5-17-53(44)61)50-34-27-46(28-35-50)65-68-59-19-7-9-23-63(59)72-65)31-39-55(57)56-40-38-52(42-58(56)67)71(62-22-12-16-45-14-4-6-18-54(45)62)51-36-29-47(30-37-51)66-69-60-20-8-10-24-64(60)73-66/h3-42H,1-2H3. The zero-order chi connectivity index (χ0) is 48.6. The first kappa shape index (κ1) is 42.4. The third-order valence-electron chi connectivity index (χ3n) is 14.7. The quantitative estimate of drug-likeness (QED) is 0.144. The minimum absolute atomic E-state index is 0.271. The van der Waals surface area contributed by atoms with Gasteiger partial charge in [-0.05, 0) is 159 Å². The van der Waals surface area contributed by atoms with E-state index in [0.717, 1.165) is 73.0 Å². The lowest BCUT2D eigenvalue weighted by Gasteiger charge is -2.29. The second-order valence-corrected chi connectivity index (χ2v) is 19.4. The molecule has 6 nitrogen and oxygen atoms in total. The van der Waals surface area contributed by atoms with Gasteiger partial charge < -0.3 is 18.6 Å². The molecule has 1 aliphatic carbocycles. The van der Waals surface area contributed by atoms with Gasteiger partial charge in [-0.25, -0.2) is 9.97 Å². The molecule has 0 spiro atoms. The largest absolute Gasteiger partial charge is 0.436 e. The summed E-state index contributed by atoms with van der Waals surface area (Å²) in [6.45, 7) is 4.73. The molecule has 14 rings (SSSR count). The van der Waals surface area contributed by atoms with E-state index in [0.29, 0.717) is 11.8 Å². The maximum atomic E-state index is 6.17. The molecule has 11 aromatic carbocycles. The van der Waals surface area contributed by atoms with Crippen molar-refractivity contribution in [2.45, 2.75) is 19.3 Å². The summed E-state index contributed by atoms with van der Waals surface area (Å²) in [6.07, 6.45) is 0. The molecule has 0 saturated carbocycles. The maximum Gasteiger partial charge on any atom is 0.227 e. The molecule has 1 aliphatic rings. The second kappa shape index (κ2) is 16.8. The van der Waals surface area contributed by atoms with E-state index in [-0.39, 0.29) is 5.41 Å². The summed E-state index contributed by atoms with van der Waals surface area (Å²) in [5.41, 5.74) is 18.8. The van der Waals surface area contributed by atoms with Crippen molar-refractivity contribution in [1.29, 1.82) is 0 Å². The van der Waals surface area contributed by atoms with Crippen LogP contribution in [0, 0.1) is 0 Å². The molecule has 0 fully saturated rings. The highest BCUT2D eigenvalue weighted by Gasteiger charge is 2.36. The van der Waals surface area contributed by atoms with E-state index in [1.54, 1.807) is 0 Å². The molecule has 0 atom stereocenters. The summed E-state index contributed by atoms with van der Waals surface area (Å²) in [5.74, 6) is 1.22. The molecular weight excluding hydrogens is 893 g/mol. The molecule has 2 aromatic heterocycles. The summed E-state index contributed by atoms with van der Waals surface area (Å²) in [5, 5.41) is 4.73. The predicted molar refractivity (Wildman–Crippen MR) is 300 cm³/mol. The van der Waals surface area contributed by atoms with Gasteiger partial charge in [0.25, 0.3) is 0 Å². The monoisotopic (exact) mass is 938 g/mol. The van der Waals surface area contributed by atoms with Gasteiger partial charge in [-0.2, -0.15) is 0 Å². The predicted octanol–water partition coefficient (Wildman–Crippen LogP) is 18.5. The zero-order valence-corrected chi connectivity index (χ0v) is 40.2. The number of hydrogen-bond donors (Lipinski definition) is 0. The first-order valence-corrected chi connectivity index (χ1v) is 24.8. The number of oxazole rings is 2. The van der Waals surface area contributed by atoms with E-state index in [2.05, 4.69) is 218 Å². The fourth-order valence-electron chi connectivity index (χ4n) is 11.0. The van der Waals surface area contributed by atoms with E-state index < -0.39 is 0 Å². The Morgan fingerprint density at radius 1 is 0.342 bits per heavy atom. The number of anilines is 6. The Kier molecular flexibility index (Phi) is 9.76. The molecule has 0 aliphatic heterocycles. The number of rotatable bonds is 9. The smallest absolute Gasteiger partial charge is 0.227 e. The number of nitrogens with zero attached hydrogens (tertiary/aromatic N) is 4. The summed E-state index contributed by atoms with van der Waals surface area (Å²) < 4.78 is 12.3. The Morgan fingerprint density at radius 2 is 0.740 bits per heavy atom. The van der Waals surface area contributed by atoms with Crippen molar-refractivity contribution in [3.8, 4) is 45.2 Å². The molecule has 0 amide bonds. The van der Waals surface area contributed by atoms with Crippen LogP contribution in [0.1, 0.15) is 25.0 Å². The molecule has 0 N–H and O–H groups in total. The van der Waals surface area contributed by atoms with Crippen LogP contribution < -0.4 is 9.80 Å². The molecule has 346 valence electrons. The molecule has 13 aromatic rings. The average Bonchev–Trinajstić information content (AvgIpc) is 4.15. The summed E-state index contributed by atoms with van der Waals surface area (Å²) in [4.78, 5) is 14.3. The molecule has 2 heterocycles. The lowest BCUT2D eigenvalue weighted by Crippen LogP contribution is -2.17. The normalized spacial score (nSPS) is 12.6. The molecule has 0 saturated heterocycles. The number of hydrogen-bond acceptors (Lipinski definition) is 6. The van der Waals surface area contributed by atoms with Gasteiger partial charge in [-0.1, -0.05) is 141 Å². The number of benzene rings is 11. The fraction of sp³-hybridized carbons (Fsp3) is 0.0448. The molecule has 73 heavy (non-hydrogen) atoms. The van der Waals surface area contributed by atoms with Crippen molar-refractivity contribution in [2.75, 3.05) is 9.80 Å². The lowest BCUT2D eigenvalue weighted by atomic mass is 9.81. The Labute approximate surface area is 422 Å². The third-order valence-corrected chi connectivity index (χ3v) is 14.7. The first-order valence-electron chi connectivity index (χ1n) is 24.8. The van der Waals surface area contributed by atoms with Crippen molar-refractivity contribution in [3.63, 3.8) is 0 Å². The maximum absolute atomic E-state index is 6.17. The van der Waals surface area contributed by atoms with Gasteiger partial charge in [0.2, 0.25) is 11.8 Å². The minimum Gasteiger partial charge on any atom is -0.436 e. The molecule has 0 bridgehead atoms. The van der Waals surface area contributed by atoms with Crippen molar-refractivity contribution < 1.29 is 8.83 Å². The minimum atomic E-state index is -0.271. The van der Waals surface area contributed by atoms with Gasteiger partial charge in [0.1, 0.15) is 11.0 Å². The summed E-state index contributed by atoms with van der Waals surface area (Å²) in [6, 6.07) is 86.2. The van der Waals surface area contributed by atoms with E-state index in [1.807, 2.05) is 48.5 Å². The van der Waals surface area contributed by atoms with E-state index in [9.17, 15) is 0 Å². The Hall–Kier alpha value is -9.52. The van der Waals surface area contributed by atoms with Crippen molar-refractivity contribution in [2.24, 2.45) is 0 Å². The topological polar surface area (TPSA) is 58.5 Å². The highest BCUT2D eigenvalue weighted by atomic mass is 16.4. The average molecular weight is 939 g/mol. The van der Waals surface area contributed by atoms with Crippen LogP contribution in [0.5, 0.6) is 0 Å². The van der Waals surface area contributed by atoms with Crippen LogP contribution in [0.25, 0.3) is 88.9 Å². The number of para-hydroxylation sites is 4. The van der Waals surface area contributed by atoms with Gasteiger partial charge in [0, 0.05) is 50.1 Å². The van der Waals surface area contributed by atoms with Crippen LogP contribution in [0.15, 0.2) is 251 Å². The zero-order valence-electron chi connectivity index (χ0n) is 40.2. The van der Waals surface area contributed by atoms with Gasteiger partial charge >= 0.3 is 0 Å². The highest BCUT2D eigenvalue weighted by molar-refractivity contribution is 6.01. The lowest BCUT2D eigenvalue weighted by molar-refractivity contribution is 0.619. The Balaban J connectivity index is 0.806. The molecule has 0 unspecified atom stereocenters. The molecule has 6 heteroatoms. The molecular formula is C67H46N4O2. The molecule has 0 radical (unpaired) electrons. The van der Waals surface area contributed by atoms with Crippen LogP contribution in [0.4, 0.5) is 34.1 Å². The van der Waals surface area contributed by atoms with Gasteiger partial charge in [-0.3, -0.25) is 0 Å². The van der Waals surface area contributed by atoms with Crippen LogP contribution in [0.2, 0.25) is 0 Å². The van der Waals surface area contributed by atoms with Crippen molar-refractivity contribution in [3.05, 3.63) is 254 Å². The van der Waals surface area contributed by atoms with Crippen LogP contribution in [0.3, 0.4) is 0 Å². The van der Waals surface area contributed by atoms with Gasteiger partial charge in [0.15, 0.2) is 11.2 Å². The van der Waals surface area contributed by atoms with Gasteiger partial charge in [-0.15, -0.1) is 0 Å². The number of fused-ring (bicyclic) bond motifs is 7. The Morgan fingerprint density at radius 3 is 1.26 bits per heavy atom. The summed E-state index contributed by atoms with van der Waals surface area (Å²) >= 11 is 0. The van der Waals surface area contributed by atoms with E-state index >= 15 is 0 Å².